The van der Waals surface area contributed by atoms with Gasteiger partial charge in [0.15, 0.2) is 5.82 Å². The SMILES string of the molecule is CCN(CC)Cc1ccc(C(=O)Nc2c(C)cccc2-c2nc(C(C)C)no2)cc1. The molecule has 3 rings (SSSR count). The second-order valence-electron chi connectivity index (χ2n) is 7.72. The van der Waals surface area contributed by atoms with E-state index in [9.17, 15) is 4.79 Å². The van der Waals surface area contributed by atoms with E-state index < -0.39 is 0 Å². The Balaban J connectivity index is 1.81. The minimum Gasteiger partial charge on any atom is -0.334 e. The predicted octanol–water partition coefficient (Wildman–Crippen LogP) is 5.26. The van der Waals surface area contributed by atoms with Crippen LogP contribution in [0.1, 0.15) is 60.9 Å². The van der Waals surface area contributed by atoms with Gasteiger partial charge in [-0.25, -0.2) is 0 Å². The summed E-state index contributed by atoms with van der Waals surface area (Å²) in [5.74, 6) is 1.06. The zero-order valence-electron chi connectivity index (χ0n) is 18.4. The lowest BCUT2D eigenvalue weighted by atomic mass is 10.1. The Hall–Kier alpha value is -2.99. The van der Waals surface area contributed by atoms with E-state index in [1.807, 2.05) is 63.2 Å². The van der Waals surface area contributed by atoms with E-state index in [1.165, 1.54) is 5.56 Å². The molecule has 0 spiro atoms. The predicted molar refractivity (Wildman–Crippen MR) is 120 cm³/mol. The van der Waals surface area contributed by atoms with Gasteiger partial charge in [0.25, 0.3) is 11.8 Å². The minimum absolute atomic E-state index is 0.163. The van der Waals surface area contributed by atoms with E-state index in [0.717, 1.165) is 30.8 Å². The lowest BCUT2D eigenvalue weighted by molar-refractivity contribution is 0.102. The average molecular weight is 407 g/mol. The molecular weight excluding hydrogens is 376 g/mol. The van der Waals surface area contributed by atoms with Crippen molar-refractivity contribution in [1.82, 2.24) is 15.0 Å². The summed E-state index contributed by atoms with van der Waals surface area (Å²) in [5, 5.41) is 7.08. The Kier molecular flexibility index (Phi) is 7.00. The summed E-state index contributed by atoms with van der Waals surface area (Å²) in [6, 6.07) is 13.5. The molecule has 0 unspecified atom stereocenters. The first-order valence-corrected chi connectivity index (χ1v) is 10.5. The number of rotatable bonds is 8. The van der Waals surface area contributed by atoms with Gasteiger partial charge in [-0.15, -0.1) is 0 Å². The average Bonchev–Trinajstić information content (AvgIpc) is 3.24. The number of nitrogens with zero attached hydrogens (tertiary/aromatic N) is 3. The standard InChI is InChI=1S/C24H30N4O2/c1-6-28(7-2)15-18-11-13-19(14-12-18)23(29)25-21-17(5)9-8-10-20(21)24-26-22(16(3)4)27-30-24/h8-14,16H,6-7,15H2,1-5H3,(H,25,29). The third-order valence-electron chi connectivity index (χ3n) is 5.22. The molecule has 0 radical (unpaired) electrons. The number of benzene rings is 2. The van der Waals surface area contributed by atoms with Crippen LogP contribution in [0.3, 0.4) is 0 Å². The maximum Gasteiger partial charge on any atom is 0.260 e. The van der Waals surface area contributed by atoms with Crippen molar-refractivity contribution in [3.05, 3.63) is 65.0 Å². The molecule has 6 nitrogen and oxygen atoms in total. The molecule has 0 aliphatic rings. The van der Waals surface area contributed by atoms with E-state index in [-0.39, 0.29) is 11.8 Å². The van der Waals surface area contributed by atoms with Gasteiger partial charge in [-0.1, -0.05) is 57.1 Å². The molecule has 0 saturated heterocycles. The van der Waals surface area contributed by atoms with Gasteiger partial charge in [0.2, 0.25) is 0 Å². The molecule has 1 N–H and O–H groups in total. The molecule has 0 aliphatic carbocycles. The molecule has 0 saturated carbocycles. The van der Waals surface area contributed by atoms with Gasteiger partial charge < -0.3 is 9.84 Å². The number of aromatic nitrogens is 2. The Labute approximate surface area is 178 Å². The summed E-state index contributed by atoms with van der Waals surface area (Å²) in [4.78, 5) is 19.7. The molecule has 1 amide bonds. The number of amides is 1. The fourth-order valence-electron chi connectivity index (χ4n) is 3.24. The van der Waals surface area contributed by atoms with Crippen LogP contribution in [0.5, 0.6) is 0 Å². The number of nitrogens with one attached hydrogen (secondary N) is 1. The van der Waals surface area contributed by atoms with Crippen molar-refractivity contribution in [2.75, 3.05) is 18.4 Å². The van der Waals surface area contributed by atoms with E-state index >= 15 is 0 Å². The van der Waals surface area contributed by atoms with Crippen LogP contribution < -0.4 is 5.32 Å². The zero-order valence-corrected chi connectivity index (χ0v) is 18.4. The lowest BCUT2D eigenvalue weighted by Crippen LogP contribution is -2.22. The van der Waals surface area contributed by atoms with E-state index in [1.54, 1.807) is 0 Å². The topological polar surface area (TPSA) is 71.3 Å². The number of aryl methyl sites for hydroxylation is 1. The second-order valence-corrected chi connectivity index (χ2v) is 7.72. The highest BCUT2D eigenvalue weighted by Crippen LogP contribution is 2.31. The second kappa shape index (κ2) is 9.67. The van der Waals surface area contributed by atoms with Crippen LogP contribution in [0.25, 0.3) is 11.5 Å². The number of hydrogen-bond acceptors (Lipinski definition) is 5. The van der Waals surface area contributed by atoms with Crippen LogP contribution in [0, 0.1) is 6.92 Å². The third kappa shape index (κ3) is 4.94. The molecule has 2 aromatic carbocycles. The van der Waals surface area contributed by atoms with Crippen molar-refractivity contribution >= 4 is 11.6 Å². The quantitative estimate of drug-likeness (QED) is 0.552. The summed E-state index contributed by atoms with van der Waals surface area (Å²) in [6.07, 6.45) is 0. The van der Waals surface area contributed by atoms with Gasteiger partial charge in [0, 0.05) is 18.0 Å². The van der Waals surface area contributed by atoms with Gasteiger partial charge in [-0.2, -0.15) is 4.98 Å². The van der Waals surface area contributed by atoms with Gasteiger partial charge >= 0.3 is 0 Å². The Morgan fingerprint density at radius 3 is 2.40 bits per heavy atom. The summed E-state index contributed by atoms with van der Waals surface area (Å²) in [6.45, 7) is 13.2. The minimum atomic E-state index is -0.163. The fraction of sp³-hybridized carbons (Fsp3) is 0.375. The molecule has 0 fully saturated rings. The van der Waals surface area contributed by atoms with Crippen LogP contribution in [0.2, 0.25) is 0 Å². The maximum absolute atomic E-state index is 12.9. The summed E-state index contributed by atoms with van der Waals surface area (Å²) in [7, 11) is 0. The summed E-state index contributed by atoms with van der Waals surface area (Å²) in [5.41, 5.74) is 4.15. The van der Waals surface area contributed by atoms with Crippen molar-refractivity contribution in [2.24, 2.45) is 0 Å². The number of hydrogen-bond donors (Lipinski definition) is 1. The van der Waals surface area contributed by atoms with Crippen molar-refractivity contribution in [3.8, 4) is 11.5 Å². The highest BCUT2D eigenvalue weighted by atomic mass is 16.5. The first-order chi connectivity index (χ1) is 14.4. The Bertz CT molecular complexity index is 989. The van der Waals surface area contributed by atoms with Gasteiger partial charge in [-0.3, -0.25) is 9.69 Å². The molecule has 30 heavy (non-hydrogen) atoms. The van der Waals surface area contributed by atoms with Crippen LogP contribution in [0.15, 0.2) is 47.0 Å². The molecule has 3 aromatic rings. The molecule has 1 heterocycles. The summed E-state index contributed by atoms with van der Waals surface area (Å²) >= 11 is 0. The van der Waals surface area contributed by atoms with E-state index in [4.69, 9.17) is 4.52 Å². The molecule has 1 aromatic heterocycles. The van der Waals surface area contributed by atoms with Crippen LogP contribution in [-0.4, -0.2) is 34.0 Å². The van der Waals surface area contributed by atoms with Crippen LogP contribution in [-0.2, 0) is 6.54 Å². The van der Waals surface area contributed by atoms with Gasteiger partial charge in [0.05, 0.1) is 11.3 Å². The van der Waals surface area contributed by atoms with Crippen LogP contribution >= 0.6 is 0 Å². The molecule has 158 valence electrons. The normalized spacial score (nSPS) is 11.3. The van der Waals surface area contributed by atoms with Gasteiger partial charge in [0.1, 0.15) is 0 Å². The Morgan fingerprint density at radius 1 is 1.10 bits per heavy atom. The first kappa shape index (κ1) is 21.7. The lowest BCUT2D eigenvalue weighted by Gasteiger charge is -2.18. The molecule has 6 heteroatoms. The highest BCUT2D eigenvalue weighted by Gasteiger charge is 2.18. The smallest absolute Gasteiger partial charge is 0.260 e. The Morgan fingerprint density at radius 2 is 1.80 bits per heavy atom. The molecule has 0 atom stereocenters. The molecule has 0 aliphatic heterocycles. The van der Waals surface area contributed by atoms with Crippen molar-refractivity contribution < 1.29 is 9.32 Å². The third-order valence-corrected chi connectivity index (χ3v) is 5.22. The number of anilines is 1. The van der Waals surface area contributed by atoms with E-state index in [0.29, 0.717) is 23.0 Å². The van der Waals surface area contributed by atoms with E-state index in [2.05, 4.69) is 34.2 Å². The largest absolute Gasteiger partial charge is 0.334 e. The number of carbonyl (C=O) groups excluding carboxylic acids is 1. The van der Waals surface area contributed by atoms with Crippen LogP contribution in [0.4, 0.5) is 5.69 Å². The summed E-state index contributed by atoms with van der Waals surface area (Å²) < 4.78 is 5.45. The van der Waals surface area contributed by atoms with Crippen molar-refractivity contribution in [3.63, 3.8) is 0 Å². The maximum atomic E-state index is 12.9. The number of para-hydroxylation sites is 1. The number of carbonyl (C=O) groups is 1. The van der Waals surface area contributed by atoms with Crippen molar-refractivity contribution in [1.29, 1.82) is 0 Å². The first-order valence-electron chi connectivity index (χ1n) is 10.5. The van der Waals surface area contributed by atoms with Crippen molar-refractivity contribution in [2.45, 2.75) is 47.1 Å². The highest BCUT2D eigenvalue weighted by molar-refractivity contribution is 6.06. The molecular formula is C24H30N4O2. The van der Waals surface area contributed by atoms with Gasteiger partial charge in [-0.05, 0) is 49.3 Å². The monoisotopic (exact) mass is 406 g/mol. The zero-order chi connectivity index (χ0) is 21.7. The molecule has 0 bridgehead atoms. The fourth-order valence-corrected chi connectivity index (χ4v) is 3.24.